The standard InChI is InChI=1S/C21H18BCl2FN4O5/c1-22(33-2)18(16-12(23)7-8-13(25)17(16)24)34-15-9-14(28-29-19(15)26)20(30)27-11-5-3-10(4-6-11)21(31)32/h3-9,18H,1-2H3,(H2,26,29)(H,27,30)(H,31,32). The van der Waals surface area contributed by atoms with Crippen LogP contribution >= 0.6 is 23.2 Å². The summed E-state index contributed by atoms with van der Waals surface area (Å²) in [6, 6.07) is 8.22. The third-order valence-corrected chi connectivity index (χ3v) is 5.54. The largest absolute Gasteiger partial charge is 0.487 e. The quantitative estimate of drug-likeness (QED) is 0.302. The van der Waals surface area contributed by atoms with Crippen LogP contribution in [0.25, 0.3) is 0 Å². The van der Waals surface area contributed by atoms with Gasteiger partial charge in [0.2, 0.25) is 0 Å². The van der Waals surface area contributed by atoms with E-state index < -0.39 is 30.6 Å². The molecule has 3 aromatic rings. The molecule has 0 aliphatic carbocycles. The fraction of sp³-hybridized carbons (Fsp3) is 0.143. The number of ether oxygens (including phenoxy) is 1. The Bertz CT molecular complexity index is 1230. The number of carbonyl (C=O) groups is 2. The average molecular weight is 507 g/mol. The van der Waals surface area contributed by atoms with Gasteiger partial charge in [-0.3, -0.25) is 4.79 Å². The van der Waals surface area contributed by atoms with Crippen molar-refractivity contribution in [2.24, 2.45) is 0 Å². The number of carbonyl (C=O) groups excluding carboxylic acids is 1. The van der Waals surface area contributed by atoms with Gasteiger partial charge in [0.25, 0.3) is 5.91 Å². The van der Waals surface area contributed by atoms with Gasteiger partial charge in [0.15, 0.2) is 17.3 Å². The van der Waals surface area contributed by atoms with E-state index in [1.54, 1.807) is 6.82 Å². The highest BCUT2D eigenvalue weighted by Crippen LogP contribution is 2.37. The molecule has 0 bridgehead atoms. The lowest BCUT2D eigenvalue weighted by atomic mass is 9.62. The number of amides is 1. The molecule has 3 rings (SSSR count). The molecule has 1 aromatic heterocycles. The molecule has 1 heterocycles. The third kappa shape index (κ3) is 5.56. The average Bonchev–Trinajstić information content (AvgIpc) is 2.82. The smallest absolute Gasteiger partial charge is 0.338 e. The summed E-state index contributed by atoms with van der Waals surface area (Å²) in [6.07, 6.45) is 0. The van der Waals surface area contributed by atoms with E-state index in [4.69, 9.17) is 43.4 Å². The molecule has 2 aromatic carbocycles. The van der Waals surface area contributed by atoms with Crippen molar-refractivity contribution in [2.45, 2.75) is 12.8 Å². The molecular weight excluding hydrogens is 489 g/mol. The van der Waals surface area contributed by atoms with E-state index in [2.05, 4.69) is 15.5 Å². The van der Waals surface area contributed by atoms with Crippen LogP contribution in [0.15, 0.2) is 42.5 Å². The molecule has 13 heteroatoms. The Balaban J connectivity index is 1.90. The fourth-order valence-electron chi connectivity index (χ4n) is 2.93. The van der Waals surface area contributed by atoms with Crippen LogP contribution in [-0.4, -0.2) is 41.2 Å². The third-order valence-electron chi connectivity index (χ3n) is 4.82. The molecule has 0 fully saturated rings. The van der Waals surface area contributed by atoms with Gasteiger partial charge in [-0.25, -0.2) is 9.18 Å². The second-order valence-electron chi connectivity index (χ2n) is 7.05. The van der Waals surface area contributed by atoms with Gasteiger partial charge in [-0.15, -0.1) is 10.2 Å². The molecule has 0 spiro atoms. The van der Waals surface area contributed by atoms with Gasteiger partial charge in [0.1, 0.15) is 11.8 Å². The van der Waals surface area contributed by atoms with E-state index in [1.165, 1.54) is 43.5 Å². The summed E-state index contributed by atoms with van der Waals surface area (Å²) >= 11 is 12.4. The number of hydrogen-bond donors (Lipinski definition) is 3. The minimum absolute atomic E-state index is 0.0355. The van der Waals surface area contributed by atoms with Crippen molar-refractivity contribution < 1.29 is 28.5 Å². The van der Waals surface area contributed by atoms with Gasteiger partial charge in [0, 0.05) is 29.4 Å². The number of nitrogen functional groups attached to an aromatic ring is 1. The van der Waals surface area contributed by atoms with E-state index in [-0.39, 0.29) is 38.4 Å². The fourth-order valence-corrected chi connectivity index (χ4v) is 3.52. The molecule has 34 heavy (non-hydrogen) atoms. The van der Waals surface area contributed by atoms with Crippen LogP contribution in [0.3, 0.4) is 0 Å². The molecule has 0 saturated heterocycles. The molecular formula is C21H18BCl2FN4O5. The number of nitrogens with two attached hydrogens (primary N) is 1. The number of benzene rings is 2. The Hall–Kier alpha value is -3.41. The SMILES string of the molecule is COB(C)C(Oc1cc(C(=O)Nc2ccc(C(=O)O)cc2)nnc1N)c1c(Cl)ccc(F)c1Cl. The Morgan fingerprint density at radius 3 is 2.47 bits per heavy atom. The van der Waals surface area contributed by atoms with Crippen LogP contribution in [-0.2, 0) is 4.65 Å². The number of rotatable bonds is 8. The highest BCUT2D eigenvalue weighted by Gasteiger charge is 2.32. The molecule has 0 aliphatic heterocycles. The van der Waals surface area contributed by atoms with E-state index in [1.807, 2.05) is 0 Å². The zero-order valence-corrected chi connectivity index (χ0v) is 19.4. The van der Waals surface area contributed by atoms with Crippen LogP contribution in [0.5, 0.6) is 5.75 Å². The van der Waals surface area contributed by atoms with Crippen LogP contribution in [0.4, 0.5) is 15.9 Å². The predicted molar refractivity (Wildman–Crippen MR) is 126 cm³/mol. The van der Waals surface area contributed by atoms with Gasteiger partial charge < -0.3 is 25.5 Å². The van der Waals surface area contributed by atoms with Gasteiger partial charge in [-0.05, 0) is 36.4 Å². The summed E-state index contributed by atoms with van der Waals surface area (Å²) in [6.45, 7) is 0.996. The number of nitrogens with zero attached hydrogens (tertiary/aromatic N) is 2. The second-order valence-corrected chi connectivity index (χ2v) is 7.84. The maximum absolute atomic E-state index is 14.1. The van der Waals surface area contributed by atoms with Crippen molar-refractivity contribution in [3.8, 4) is 5.75 Å². The Labute approximate surface area is 204 Å². The van der Waals surface area contributed by atoms with Crippen molar-refractivity contribution in [3.05, 3.63) is 75.1 Å². The molecule has 176 valence electrons. The van der Waals surface area contributed by atoms with Gasteiger partial charge in [-0.1, -0.05) is 30.0 Å². The van der Waals surface area contributed by atoms with E-state index in [0.717, 1.165) is 6.07 Å². The molecule has 4 N–H and O–H groups in total. The number of carboxylic acid groups (broad SMARTS) is 1. The second kappa shape index (κ2) is 10.7. The Morgan fingerprint density at radius 1 is 1.18 bits per heavy atom. The van der Waals surface area contributed by atoms with E-state index in [9.17, 15) is 14.0 Å². The lowest BCUT2D eigenvalue weighted by Gasteiger charge is -2.24. The molecule has 0 aliphatic rings. The number of hydrogen-bond acceptors (Lipinski definition) is 7. The van der Waals surface area contributed by atoms with Crippen molar-refractivity contribution in [1.29, 1.82) is 0 Å². The molecule has 1 amide bonds. The van der Waals surface area contributed by atoms with Crippen molar-refractivity contribution >= 4 is 53.5 Å². The summed E-state index contributed by atoms with van der Waals surface area (Å²) in [7, 11) is 1.42. The molecule has 1 unspecified atom stereocenters. The zero-order chi connectivity index (χ0) is 25.0. The maximum atomic E-state index is 14.1. The predicted octanol–water partition coefficient (Wildman–Crippen LogP) is 4.38. The summed E-state index contributed by atoms with van der Waals surface area (Å²) in [5.74, 6) is -2.63. The monoisotopic (exact) mass is 506 g/mol. The number of aromatic nitrogens is 2. The number of halogens is 3. The van der Waals surface area contributed by atoms with Gasteiger partial charge >= 0.3 is 12.9 Å². The molecule has 0 radical (unpaired) electrons. The lowest BCUT2D eigenvalue weighted by molar-refractivity contribution is 0.0696. The van der Waals surface area contributed by atoms with Crippen LogP contribution in [0.2, 0.25) is 16.9 Å². The number of nitrogens with one attached hydrogen (secondary N) is 1. The van der Waals surface area contributed by atoms with Crippen LogP contribution in [0.1, 0.15) is 32.4 Å². The number of aromatic carboxylic acids is 1. The lowest BCUT2D eigenvalue weighted by Crippen LogP contribution is -2.29. The first-order valence-corrected chi connectivity index (χ1v) is 10.5. The van der Waals surface area contributed by atoms with Crippen LogP contribution in [0, 0.1) is 5.82 Å². The maximum Gasteiger partial charge on any atom is 0.338 e. The highest BCUT2D eigenvalue weighted by atomic mass is 35.5. The van der Waals surface area contributed by atoms with Crippen molar-refractivity contribution in [2.75, 3.05) is 18.2 Å². The topological polar surface area (TPSA) is 137 Å². The van der Waals surface area contributed by atoms with E-state index >= 15 is 0 Å². The van der Waals surface area contributed by atoms with Crippen LogP contribution < -0.4 is 15.8 Å². The Morgan fingerprint density at radius 2 is 1.85 bits per heavy atom. The summed E-state index contributed by atoms with van der Waals surface area (Å²) in [4.78, 5) is 23.6. The first-order chi connectivity index (χ1) is 16.1. The zero-order valence-electron chi connectivity index (χ0n) is 17.9. The summed E-state index contributed by atoms with van der Waals surface area (Å²) < 4.78 is 25.4. The normalized spacial score (nSPS) is 11.6. The first-order valence-electron chi connectivity index (χ1n) is 9.73. The first kappa shape index (κ1) is 25.2. The highest BCUT2D eigenvalue weighted by molar-refractivity contribution is 6.52. The summed E-state index contributed by atoms with van der Waals surface area (Å²) in [5, 5.41) is 19.0. The van der Waals surface area contributed by atoms with E-state index in [0.29, 0.717) is 5.69 Å². The van der Waals surface area contributed by atoms with Crippen molar-refractivity contribution in [3.63, 3.8) is 0 Å². The molecule has 9 nitrogen and oxygen atoms in total. The number of anilines is 2. The van der Waals surface area contributed by atoms with Gasteiger partial charge in [0.05, 0.1) is 10.6 Å². The number of carboxylic acids is 1. The summed E-state index contributed by atoms with van der Waals surface area (Å²) in [5.41, 5.74) is 6.28. The van der Waals surface area contributed by atoms with Crippen molar-refractivity contribution in [1.82, 2.24) is 10.2 Å². The molecule has 0 saturated carbocycles. The van der Waals surface area contributed by atoms with Gasteiger partial charge in [-0.2, -0.15) is 0 Å². The molecule has 1 atom stereocenters. The Kier molecular flexibility index (Phi) is 7.92. The minimum atomic E-state index is -1.09. The minimum Gasteiger partial charge on any atom is -0.487 e.